The van der Waals surface area contributed by atoms with Gasteiger partial charge in [0.15, 0.2) is 17.6 Å². The van der Waals surface area contributed by atoms with Gasteiger partial charge in [-0.1, -0.05) is 0 Å². The Morgan fingerprint density at radius 3 is 2.69 bits per heavy atom. The van der Waals surface area contributed by atoms with E-state index in [1.54, 1.807) is 18.2 Å². The van der Waals surface area contributed by atoms with Gasteiger partial charge in [-0.25, -0.2) is 4.79 Å². The number of urea groups is 1. The highest BCUT2D eigenvalue weighted by molar-refractivity contribution is 6.01. The number of esters is 1. The van der Waals surface area contributed by atoms with Crippen LogP contribution in [0.4, 0.5) is 10.5 Å². The van der Waals surface area contributed by atoms with Crippen LogP contribution < -0.4 is 19.7 Å². The maximum atomic E-state index is 12.5. The van der Waals surface area contributed by atoms with E-state index in [-0.39, 0.29) is 25.4 Å². The lowest BCUT2D eigenvalue weighted by atomic mass is 10.1. The Labute approximate surface area is 166 Å². The molecule has 4 amide bonds. The SMILES string of the molecule is C[C@H](OC(=O)[C@H]1CC(=O)N(c2ccc3c(c2)OCCO3)C1)C(=O)N1CCNC1=O. The third-order valence-electron chi connectivity index (χ3n) is 5.06. The maximum Gasteiger partial charge on any atom is 0.324 e. The summed E-state index contributed by atoms with van der Waals surface area (Å²) in [4.78, 5) is 51.3. The molecule has 3 aliphatic rings. The van der Waals surface area contributed by atoms with Gasteiger partial charge < -0.3 is 24.4 Å². The first-order valence-corrected chi connectivity index (χ1v) is 9.44. The molecule has 0 unspecified atom stereocenters. The molecule has 0 bridgehead atoms. The van der Waals surface area contributed by atoms with E-state index in [4.69, 9.17) is 14.2 Å². The standard InChI is InChI=1S/C19H21N3O7/c1-11(17(24)21-5-4-20-19(21)26)29-18(25)12-8-16(23)22(10-12)13-2-3-14-15(9-13)28-7-6-27-14/h2-3,9,11-12H,4-8,10H2,1H3,(H,20,26)/t11-,12-/m0/s1. The first kappa shape index (κ1) is 19.0. The molecule has 10 heteroatoms. The van der Waals surface area contributed by atoms with Gasteiger partial charge >= 0.3 is 12.0 Å². The molecule has 10 nitrogen and oxygen atoms in total. The van der Waals surface area contributed by atoms with Crippen LogP contribution in [0.3, 0.4) is 0 Å². The van der Waals surface area contributed by atoms with Crippen molar-refractivity contribution in [2.24, 2.45) is 5.92 Å². The second-order valence-electron chi connectivity index (χ2n) is 7.03. The van der Waals surface area contributed by atoms with Gasteiger partial charge in [-0.05, 0) is 19.1 Å². The molecular weight excluding hydrogens is 382 g/mol. The summed E-state index contributed by atoms with van der Waals surface area (Å²) in [6, 6.07) is 4.67. The highest BCUT2D eigenvalue weighted by Crippen LogP contribution is 2.36. The largest absolute Gasteiger partial charge is 0.486 e. The van der Waals surface area contributed by atoms with Crippen LogP contribution in [-0.2, 0) is 19.1 Å². The minimum absolute atomic E-state index is 0.0155. The quantitative estimate of drug-likeness (QED) is 0.719. The Kier molecular flexibility index (Phi) is 4.99. The molecule has 2 atom stereocenters. The number of fused-ring (bicyclic) bond motifs is 1. The van der Waals surface area contributed by atoms with Crippen molar-refractivity contribution in [2.45, 2.75) is 19.4 Å². The molecule has 0 spiro atoms. The molecule has 3 heterocycles. The van der Waals surface area contributed by atoms with Crippen molar-refractivity contribution in [3.05, 3.63) is 18.2 Å². The Morgan fingerprint density at radius 2 is 1.97 bits per heavy atom. The molecule has 154 valence electrons. The number of rotatable bonds is 4. The van der Waals surface area contributed by atoms with Crippen molar-refractivity contribution >= 4 is 29.5 Å². The normalized spacial score (nSPS) is 21.8. The first-order valence-electron chi connectivity index (χ1n) is 9.44. The minimum Gasteiger partial charge on any atom is -0.486 e. The summed E-state index contributed by atoms with van der Waals surface area (Å²) >= 11 is 0. The lowest BCUT2D eigenvalue weighted by Crippen LogP contribution is -2.42. The summed E-state index contributed by atoms with van der Waals surface area (Å²) in [5, 5.41) is 2.52. The number of nitrogens with zero attached hydrogens (tertiary/aromatic N) is 2. The zero-order chi connectivity index (χ0) is 20.5. The summed E-state index contributed by atoms with van der Waals surface area (Å²) in [6.07, 6.45) is -1.12. The molecule has 29 heavy (non-hydrogen) atoms. The van der Waals surface area contributed by atoms with Crippen LogP contribution >= 0.6 is 0 Å². The zero-order valence-electron chi connectivity index (χ0n) is 15.9. The number of nitrogens with one attached hydrogen (secondary N) is 1. The average Bonchev–Trinajstić information content (AvgIpc) is 3.32. The van der Waals surface area contributed by atoms with Gasteiger partial charge in [-0.3, -0.25) is 19.3 Å². The van der Waals surface area contributed by atoms with E-state index < -0.39 is 29.9 Å². The number of anilines is 1. The van der Waals surface area contributed by atoms with Crippen LogP contribution in [0.5, 0.6) is 11.5 Å². The van der Waals surface area contributed by atoms with E-state index >= 15 is 0 Å². The molecule has 0 saturated carbocycles. The van der Waals surface area contributed by atoms with Crippen LogP contribution in [0.25, 0.3) is 0 Å². The molecule has 0 aliphatic carbocycles. The van der Waals surface area contributed by atoms with Gasteiger partial charge in [-0.15, -0.1) is 0 Å². The molecule has 0 aromatic heterocycles. The number of ether oxygens (including phenoxy) is 3. The van der Waals surface area contributed by atoms with Crippen molar-refractivity contribution < 1.29 is 33.4 Å². The number of carbonyl (C=O) groups excluding carboxylic acids is 4. The Bertz CT molecular complexity index is 871. The molecule has 2 saturated heterocycles. The predicted octanol–water partition coefficient (Wildman–Crippen LogP) is 0.294. The molecule has 0 radical (unpaired) electrons. The van der Waals surface area contributed by atoms with E-state index in [0.29, 0.717) is 36.9 Å². The summed E-state index contributed by atoms with van der Waals surface area (Å²) in [6.45, 7) is 3.06. The fraction of sp³-hybridized carbons (Fsp3) is 0.474. The van der Waals surface area contributed by atoms with Crippen molar-refractivity contribution in [2.75, 3.05) is 37.7 Å². The van der Waals surface area contributed by atoms with E-state index in [0.717, 1.165) is 4.90 Å². The molecule has 1 aromatic carbocycles. The summed E-state index contributed by atoms with van der Waals surface area (Å²) in [5.41, 5.74) is 0.604. The van der Waals surface area contributed by atoms with Gasteiger partial charge in [0.05, 0.1) is 5.92 Å². The maximum absolute atomic E-state index is 12.5. The fourth-order valence-electron chi connectivity index (χ4n) is 3.54. The number of carbonyl (C=O) groups is 4. The number of amides is 4. The van der Waals surface area contributed by atoms with Crippen LogP contribution in [-0.4, -0.2) is 67.7 Å². The molecule has 2 fully saturated rings. The molecule has 1 aromatic rings. The van der Waals surface area contributed by atoms with Crippen molar-refractivity contribution in [3.8, 4) is 11.5 Å². The average molecular weight is 403 g/mol. The smallest absolute Gasteiger partial charge is 0.324 e. The molecule has 4 rings (SSSR count). The third kappa shape index (κ3) is 3.69. The van der Waals surface area contributed by atoms with Crippen molar-refractivity contribution in [3.63, 3.8) is 0 Å². The van der Waals surface area contributed by atoms with Gasteiger partial charge in [0.25, 0.3) is 5.91 Å². The Hall–Kier alpha value is -3.30. The van der Waals surface area contributed by atoms with E-state index in [1.165, 1.54) is 11.8 Å². The monoisotopic (exact) mass is 403 g/mol. The van der Waals surface area contributed by atoms with Crippen LogP contribution in [0.1, 0.15) is 13.3 Å². The second kappa shape index (κ2) is 7.61. The van der Waals surface area contributed by atoms with E-state index in [1.807, 2.05) is 0 Å². The van der Waals surface area contributed by atoms with Crippen LogP contribution in [0, 0.1) is 5.92 Å². The van der Waals surface area contributed by atoms with Crippen LogP contribution in [0.15, 0.2) is 18.2 Å². The molecule has 3 aliphatic heterocycles. The Morgan fingerprint density at radius 1 is 1.21 bits per heavy atom. The molecular formula is C19H21N3O7. The lowest BCUT2D eigenvalue weighted by molar-refractivity contribution is -0.160. The van der Waals surface area contributed by atoms with Gasteiger partial charge in [-0.2, -0.15) is 0 Å². The predicted molar refractivity (Wildman–Crippen MR) is 98.6 cm³/mol. The fourth-order valence-corrected chi connectivity index (χ4v) is 3.54. The highest BCUT2D eigenvalue weighted by atomic mass is 16.6. The topological polar surface area (TPSA) is 114 Å². The number of hydrogen-bond acceptors (Lipinski definition) is 7. The third-order valence-corrected chi connectivity index (χ3v) is 5.06. The molecule has 1 N–H and O–H groups in total. The van der Waals surface area contributed by atoms with Gasteiger partial charge in [0.1, 0.15) is 13.2 Å². The summed E-state index contributed by atoms with van der Waals surface area (Å²) in [5.74, 6) is -0.975. The zero-order valence-corrected chi connectivity index (χ0v) is 15.9. The number of hydrogen-bond donors (Lipinski definition) is 1. The van der Waals surface area contributed by atoms with Gasteiger partial charge in [0.2, 0.25) is 5.91 Å². The number of imide groups is 1. The van der Waals surface area contributed by atoms with Crippen LogP contribution in [0.2, 0.25) is 0 Å². The second-order valence-corrected chi connectivity index (χ2v) is 7.03. The highest BCUT2D eigenvalue weighted by Gasteiger charge is 2.39. The first-order chi connectivity index (χ1) is 13.9. The van der Waals surface area contributed by atoms with Gasteiger partial charge in [0, 0.05) is 37.8 Å². The van der Waals surface area contributed by atoms with Crippen molar-refractivity contribution in [1.29, 1.82) is 0 Å². The van der Waals surface area contributed by atoms with E-state index in [2.05, 4.69) is 5.32 Å². The Balaban J connectivity index is 1.39. The van der Waals surface area contributed by atoms with E-state index in [9.17, 15) is 19.2 Å². The summed E-state index contributed by atoms with van der Waals surface area (Å²) < 4.78 is 16.3. The van der Waals surface area contributed by atoms with Crippen molar-refractivity contribution in [1.82, 2.24) is 10.2 Å². The summed E-state index contributed by atoms with van der Waals surface area (Å²) in [7, 11) is 0. The minimum atomic E-state index is -1.11. The number of benzene rings is 1. The lowest BCUT2D eigenvalue weighted by Gasteiger charge is -2.22.